The highest BCUT2D eigenvalue weighted by molar-refractivity contribution is 5.36. The molecule has 1 aliphatic rings. The van der Waals surface area contributed by atoms with E-state index in [4.69, 9.17) is 9.47 Å². The van der Waals surface area contributed by atoms with E-state index in [1.54, 1.807) is 12.4 Å². The second-order valence-corrected chi connectivity index (χ2v) is 5.90. The van der Waals surface area contributed by atoms with Gasteiger partial charge in [0.25, 0.3) is 0 Å². The Labute approximate surface area is 135 Å². The molecular weight excluding hydrogens is 297 g/mol. The number of imidazole rings is 1. The third-order valence-electron chi connectivity index (χ3n) is 4.41. The van der Waals surface area contributed by atoms with Gasteiger partial charge in [-0.2, -0.15) is 0 Å². The number of hydrogen-bond acceptors (Lipinski definition) is 4. The Morgan fingerprint density at radius 2 is 2.17 bits per heavy atom. The van der Waals surface area contributed by atoms with Crippen LogP contribution in [0.25, 0.3) is 0 Å². The Balaban J connectivity index is 1.90. The quantitative estimate of drug-likeness (QED) is 0.919. The van der Waals surface area contributed by atoms with Crippen LogP contribution in [0.3, 0.4) is 0 Å². The summed E-state index contributed by atoms with van der Waals surface area (Å²) in [7, 11) is 3.42. The summed E-state index contributed by atoms with van der Waals surface area (Å²) in [5.74, 6) is -0.0292. The first-order chi connectivity index (χ1) is 11.1. The molecule has 1 fully saturated rings. The van der Waals surface area contributed by atoms with Crippen molar-refractivity contribution in [2.24, 2.45) is 7.05 Å². The van der Waals surface area contributed by atoms with Crippen LogP contribution >= 0.6 is 0 Å². The van der Waals surface area contributed by atoms with Gasteiger partial charge >= 0.3 is 0 Å². The van der Waals surface area contributed by atoms with Crippen molar-refractivity contribution in [3.8, 4) is 5.75 Å². The lowest BCUT2D eigenvalue weighted by molar-refractivity contribution is 0.0341. The van der Waals surface area contributed by atoms with Crippen molar-refractivity contribution < 1.29 is 13.9 Å². The van der Waals surface area contributed by atoms with E-state index >= 15 is 0 Å². The van der Waals surface area contributed by atoms with E-state index in [1.807, 2.05) is 29.9 Å². The molecule has 0 amide bonds. The maximum Gasteiger partial charge on any atom is 0.170 e. The molecule has 0 radical (unpaired) electrons. The third-order valence-corrected chi connectivity index (χ3v) is 4.41. The van der Waals surface area contributed by atoms with Gasteiger partial charge in [-0.25, -0.2) is 9.37 Å². The fourth-order valence-electron chi connectivity index (χ4n) is 3.12. The molecule has 5 nitrogen and oxygen atoms in total. The largest absolute Gasteiger partial charge is 0.494 e. The van der Waals surface area contributed by atoms with Crippen molar-refractivity contribution in [2.75, 3.05) is 20.3 Å². The minimum absolute atomic E-state index is 0.271. The number of ether oxygens (including phenoxy) is 2. The molecule has 0 aliphatic carbocycles. The minimum atomic E-state index is -0.464. The fourth-order valence-corrected chi connectivity index (χ4v) is 3.12. The van der Waals surface area contributed by atoms with Gasteiger partial charge < -0.3 is 19.4 Å². The van der Waals surface area contributed by atoms with Crippen LogP contribution in [0.2, 0.25) is 0 Å². The highest BCUT2D eigenvalue weighted by atomic mass is 19.1. The first-order valence-corrected chi connectivity index (χ1v) is 7.77. The van der Waals surface area contributed by atoms with Gasteiger partial charge in [0.05, 0.1) is 24.7 Å². The van der Waals surface area contributed by atoms with Crippen molar-refractivity contribution >= 4 is 0 Å². The van der Waals surface area contributed by atoms with Gasteiger partial charge in [0.1, 0.15) is 0 Å². The average molecular weight is 319 g/mol. The van der Waals surface area contributed by atoms with E-state index in [0.29, 0.717) is 38.2 Å². The molecule has 1 N–H and O–H groups in total. The summed E-state index contributed by atoms with van der Waals surface area (Å²) in [4.78, 5) is 4.33. The van der Waals surface area contributed by atoms with Crippen molar-refractivity contribution in [1.29, 1.82) is 0 Å². The number of nitrogens with one attached hydrogen (secondary N) is 1. The molecule has 124 valence electrons. The zero-order chi connectivity index (χ0) is 16.3. The second-order valence-electron chi connectivity index (χ2n) is 5.90. The van der Waals surface area contributed by atoms with Crippen LogP contribution in [0, 0.1) is 5.82 Å². The fraction of sp³-hybridized carbons (Fsp3) is 0.471. The van der Waals surface area contributed by atoms with Crippen molar-refractivity contribution in [2.45, 2.75) is 24.9 Å². The number of rotatable bonds is 5. The number of benzene rings is 1. The van der Waals surface area contributed by atoms with Crippen LogP contribution in [0.15, 0.2) is 30.7 Å². The molecule has 3 rings (SSSR count). The van der Waals surface area contributed by atoms with Crippen LogP contribution in [-0.2, 0) is 23.9 Å². The summed E-state index contributed by atoms with van der Waals surface area (Å²) >= 11 is 0. The van der Waals surface area contributed by atoms with E-state index in [1.165, 1.54) is 7.11 Å². The van der Waals surface area contributed by atoms with Gasteiger partial charge in [-0.15, -0.1) is 0 Å². The SMILES string of the molecule is COc1cccc(C2(NCc3cn(C)cn3)CCOCC2)c1F. The molecular formula is C17H22FN3O2. The highest BCUT2D eigenvalue weighted by Crippen LogP contribution is 2.36. The standard InChI is InChI=1S/C17H22FN3O2/c1-21-11-13(19-12-21)10-20-17(6-8-23-9-7-17)14-4-3-5-15(22-2)16(14)18/h3-5,11-12,20H,6-10H2,1-2H3. The van der Waals surface area contributed by atoms with E-state index in [-0.39, 0.29) is 11.6 Å². The number of aryl methyl sites for hydroxylation is 1. The second kappa shape index (κ2) is 6.68. The van der Waals surface area contributed by atoms with Gasteiger partial charge in [-0.3, -0.25) is 0 Å². The molecule has 2 heterocycles. The number of aromatic nitrogens is 2. The predicted molar refractivity (Wildman–Crippen MR) is 84.7 cm³/mol. The summed E-state index contributed by atoms with van der Waals surface area (Å²) in [6.45, 7) is 1.79. The monoisotopic (exact) mass is 319 g/mol. The molecule has 23 heavy (non-hydrogen) atoms. The molecule has 0 saturated carbocycles. The van der Waals surface area contributed by atoms with Gasteiger partial charge in [0, 0.05) is 38.6 Å². The van der Waals surface area contributed by atoms with E-state index < -0.39 is 5.54 Å². The Morgan fingerprint density at radius 3 is 2.83 bits per heavy atom. The molecule has 1 aromatic carbocycles. The molecule has 0 bridgehead atoms. The Bertz CT molecular complexity index is 666. The normalized spacial score (nSPS) is 17.2. The zero-order valence-electron chi connectivity index (χ0n) is 13.5. The van der Waals surface area contributed by atoms with Crippen LogP contribution in [0.1, 0.15) is 24.1 Å². The minimum Gasteiger partial charge on any atom is -0.494 e. The molecule has 0 unspecified atom stereocenters. The molecule has 2 aromatic rings. The summed E-state index contributed by atoms with van der Waals surface area (Å²) in [5.41, 5.74) is 1.10. The molecule has 1 aliphatic heterocycles. The topological polar surface area (TPSA) is 48.3 Å². The highest BCUT2D eigenvalue weighted by Gasteiger charge is 2.37. The lowest BCUT2D eigenvalue weighted by atomic mass is 9.82. The van der Waals surface area contributed by atoms with Crippen LogP contribution < -0.4 is 10.1 Å². The van der Waals surface area contributed by atoms with Gasteiger partial charge in [-0.05, 0) is 18.9 Å². The van der Waals surface area contributed by atoms with E-state index in [0.717, 1.165) is 5.69 Å². The predicted octanol–water partition coefficient (Wildman–Crippen LogP) is 2.36. The van der Waals surface area contributed by atoms with E-state index in [9.17, 15) is 4.39 Å². The lowest BCUT2D eigenvalue weighted by Crippen LogP contribution is -2.47. The van der Waals surface area contributed by atoms with Crippen LogP contribution in [-0.4, -0.2) is 29.9 Å². The number of hydrogen-bond donors (Lipinski definition) is 1. The van der Waals surface area contributed by atoms with Crippen LogP contribution in [0.4, 0.5) is 4.39 Å². The maximum atomic E-state index is 14.8. The Kier molecular flexibility index (Phi) is 4.63. The Hall–Kier alpha value is -1.92. The van der Waals surface area contributed by atoms with E-state index in [2.05, 4.69) is 10.3 Å². The first-order valence-electron chi connectivity index (χ1n) is 7.77. The van der Waals surface area contributed by atoms with Gasteiger partial charge in [0.2, 0.25) is 0 Å². The lowest BCUT2D eigenvalue weighted by Gasteiger charge is -2.39. The first kappa shape index (κ1) is 16.0. The zero-order valence-corrected chi connectivity index (χ0v) is 13.5. The van der Waals surface area contributed by atoms with Gasteiger partial charge in [-0.1, -0.05) is 12.1 Å². The maximum absolute atomic E-state index is 14.8. The summed E-state index contributed by atoms with van der Waals surface area (Å²) in [5, 5.41) is 3.52. The summed E-state index contributed by atoms with van der Waals surface area (Å²) in [6.07, 6.45) is 5.15. The smallest absolute Gasteiger partial charge is 0.170 e. The number of halogens is 1. The molecule has 0 spiro atoms. The summed E-state index contributed by atoms with van der Waals surface area (Å²) < 4.78 is 27.3. The summed E-state index contributed by atoms with van der Waals surface area (Å²) in [6, 6.07) is 5.30. The van der Waals surface area contributed by atoms with Crippen molar-refractivity contribution in [3.63, 3.8) is 0 Å². The van der Waals surface area contributed by atoms with Crippen molar-refractivity contribution in [1.82, 2.24) is 14.9 Å². The number of nitrogens with zero attached hydrogens (tertiary/aromatic N) is 2. The van der Waals surface area contributed by atoms with Crippen LogP contribution in [0.5, 0.6) is 5.75 Å². The molecule has 1 saturated heterocycles. The Morgan fingerprint density at radius 1 is 1.39 bits per heavy atom. The van der Waals surface area contributed by atoms with Crippen molar-refractivity contribution in [3.05, 3.63) is 47.8 Å². The average Bonchev–Trinajstić information content (AvgIpc) is 2.99. The molecule has 1 aromatic heterocycles. The molecule has 6 heteroatoms. The van der Waals surface area contributed by atoms with Gasteiger partial charge in [0.15, 0.2) is 11.6 Å². The molecule has 0 atom stereocenters. The third kappa shape index (κ3) is 3.23. The number of methoxy groups -OCH3 is 1.